The Kier molecular flexibility index (Phi) is 6.28. The summed E-state index contributed by atoms with van der Waals surface area (Å²) in [4.78, 5) is 27.6. The van der Waals surface area contributed by atoms with Crippen molar-refractivity contribution in [2.75, 3.05) is 6.54 Å². The summed E-state index contributed by atoms with van der Waals surface area (Å²) >= 11 is 1.05. The van der Waals surface area contributed by atoms with Gasteiger partial charge in [-0.3, -0.25) is 14.5 Å². The lowest BCUT2D eigenvalue weighted by Gasteiger charge is -2.27. The Morgan fingerprint density at radius 3 is 2.58 bits per heavy atom. The van der Waals surface area contributed by atoms with Crippen molar-refractivity contribution in [3.8, 4) is 0 Å². The fraction of sp³-hybridized carbons (Fsp3) is 0.400. The molecule has 26 heavy (non-hydrogen) atoms. The van der Waals surface area contributed by atoms with Crippen molar-refractivity contribution in [3.05, 3.63) is 52.5 Å². The predicted molar refractivity (Wildman–Crippen MR) is 103 cm³/mol. The number of nitrogens with zero attached hydrogens (tertiary/aromatic N) is 3. The molecule has 1 heterocycles. The van der Waals surface area contributed by atoms with Crippen molar-refractivity contribution in [1.29, 1.82) is 0 Å². The predicted octanol–water partition coefficient (Wildman–Crippen LogP) is 4.11. The zero-order chi connectivity index (χ0) is 18.4. The standard InChI is InChI=1S/C20H23N3O2S/c1-15-19(26-22-21-15)20(25)23(14-17-10-6-3-7-11-17)18(24)13-12-16-8-4-2-5-9-16/h2,4-5,8-9,12-13,17H,3,6-7,10-11,14H2,1H3/b13-12+. The highest BCUT2D eigenvalue weighted by molar-refractivity contribution is 7.08. The first-order valence-electron chi connectivity index (χ1n) is 9.03. The second kappa shape index (κ2) is 8.85. The molecule has 0 N–H and O–H groups in total. The number of benzene rings is 1. The monoisotopic (exact) mass is 369 g/mol. The van der Waals surface area contributed by atoms with Crippen LogP contribution < -0.4 is 0 Å². The molecule has 136 valence electrons. The van der Waals surface area contributed by atoms with Crippen LogP contribution in [0.25, 0.3) is 6.08 Å². The van der Waals surface area contributed by atoms with Gasteiger partial charge in [-0.25, -0.2) is 0 Å². The van der Waals surface area contributed by atoms with Gasteiger partial charge in [-0.2, -0.15) is 0 Å². The van der Waals surface area contributed by atoms with E-state index in [1.807, 2.05) is 30.3 Å². The molecule has 6 heteroatoms. The number of hydrogen-bond acceptors (Lipinski definition) is 5. The SMILES string of the molecule is Cc1nnsc1C(=O)N(CC1CCCCC1)C(=O)/C=C/c1ccccc1. The molecule has 0 radical (unpaired) electrons. The Bertz CT molecular complexity index is 779. The summed E-state index contributed by atoms with van der Waals surface area (Å²) in [5, 5.41) is 3.91. The van der Waals surface area contributed by atoms with Gasteiger partial charge >= 0.3 is 0 Å². The van der Waals surface area contributed by atoms with Crippen LogP contribution in [0.1, 0.15) is 53.0 Å². The van der Waals surface area contributed by atoms with E-state index in [-0.39, 0.29) is 11.8 Å². The normalized spacial score (nSPS) is 15.3. The Morgan fingerprint density at radius 2 is 1.92 bits per heavy atom. The van der Waals surface area contributed by atoms with Gasteiger partial charge in [0.2, 0.25) is 0 Å². The first kappa shape index (κ1) is 18.5. The topological polar surface area (TPSA) is 63.2 Å². The van der Waals surface area contributed by atoms with Gasteiger partial charge in [0.1, 0.15) is 4.88 Å². The van der Waals surface area contributed by atoms with Crippen molar-refractivity contribution >= 4 is 29.4 Å². The average Bonchev–Trinajstić information content (AvgIpc) is 3.11. The van der Waals surface area contributed by atoms with Gasteiger partial charge in [0.25, 0.3) is 11.8 Å². The lowest BCUT2D eigenvalue weighted by Crippen LogP contribution is -2.39. The second-order valence-corrected chi connectivity index (χ2v) is 7.44. The molecule has 2 amide bonds. The van der Waals surface area contributed by atoms with Gasteiger partial charge in [0.05, 0.1) is 5.69 Å². The van der Waals surface area contributed by atoms with Gasteiger partial charge < -0.3 is 0 Å². The maximum atomic E-state index is 13.0. The Hall–Kier alpha value is -2.34. The molecule has 1 saturated carbocycles. The highest BCUT2D eigenvalue weighted by atomic mass is 32.1. The molecule has 0 saturated heterocycles. The van der Waals surface area contributed by atoms with E-state index >= 15 is 0 Å². The van der Waals surface area contributed by atoms with Crippen LogP contribution >= 0.6 is 11.5 Å². The van der Waals surface area contributed by atoms with Crippen LogP contribution in [-0.2, 0) is 4.79 Å². The molecular formula is C20H23N3O2S. The van der Waals surface area contributed by atoms with E-state index in [9.17, 15) is 9.59 Å². The number of carbonyl (C=O) groups excluding carboxylic acids is 2. The molecule has 1 aromatic carbocycles. The molecule has 0 spiro atoms. The molecule has 0 aliphatic heterocycles. The van der Waals surface area contributed by atoms with E-state index < -0.39 is 0 Å². The minimum absolute atomic E-state index is 0.280. The van der Waals surface area contributed by atoms with Gasteiger partial charge in [-0.15, -0.1) is 5.10 Å². The lowest BCUT2D eigenvalue weighted by molar-refractivity contribution is -0.124. The molecule has 2 aromatic rings. The molecule has 5 nitrogen and oxygen atoms in total. The maximum Gasteiger partial charge on any atom is 0.274 e. The molecule has 0 bridgehead atoms. The number of aryl methyl sites for hydroxylation is 1. The van der Waals surface area contributed by atoms with Gasteiger partial charge in [0, 0.05) is 12.6 Å². The van der Waals surface area contributed by atoms with Crippen molar-refractivity contribution in [3.63, 3.8) is 0 Å². The third-order valence-electron chi connectivity index (χ3n) is 4.74. The summed E-state index contributed by atoms with van der Waals surface area (Å²) < 4.78 is 3.84. The quantitative estimate of drug-likeness (QED) is 0.744. The summed E-state index contributed by atoms with van der Waals surface area (Å²) in [5.41, 5.74) is 1.51. The number of hydrogen-bond donors (Lipinski definition) is 0. The smallest absolute Gasteiger partial charge is 0.274 e. The first-order chi connectivity index (χ1) is 12.6. The van der Waals surface area contributed by atoms with Crippen LogP contribution in [0.2, 0.25) is 0 Å². The van der Waals surface area contributed by atoms with Crippen LogP contribution in [0, 0.1) is 12.8 Å². The van der Waals surface area contributed by atoms with Crippen LogP contribution in [0.4, 0.5) is 0 Å². The molecule has 0 atom stereocenters. The minimum atomic E-state index is -0.286. The molecule has 1 aromatic heterocycles. The number of amides is 2. The molecule has 1 fully saturated rings. The van der Waals surface area contributed by atoms with Crippen LogP contribution in [0.15, 0.2) is 36.4 Å². The Balaban J connectivity index is 1.79. The summed E-state index contributed by atoms with van der Waals surface area (Å²) in [5.74, 6) is -0.189. The van der Waals surface area contributed by atoms with E-state index in [0.29, 0.717) is 23.0 Å². The van der Waals surface area contributed by atoms with Gasteiger partial charge in [-0.05, 0) is 48.9 Å². The lowest BCUT2D eigenvalue weighted by atomic mass is 9.89. The molecule has 1 aliphatic rings. The van der Waals surface area contributed by atoms with E-state index in [4.69, 9.17) is 0 Å². The number of carbonyl (C=O) groups is 2. The van der Waals surface area contributed by atoms with E-state index in [0.717, 1.165) is 29.9 Å². The third-order valence-corrected chi connectivity index (χ3v) is 5.56. The highest BCUT2D eigenvalue weighted by Gasteiger charge is 2.28. The zero-order valence-electron chi connectivity index (χ0n) is 14.9. The summed E-state index contributed by atoms with van der Waals surface area (Å²) in [7, 11) is 0. The van der Waals surface area contributed by atoms with E-state index in [2.05, 4.69) is 9.59 Å². The Morgan fingerprint density at radius 1 is 1.19 bits per heavy atom. The fourth-order valence-corrected chi connectivity index (χ4v) is 3.88. The van der Waals surface area contributed by atoms with Crippen molar-refractivity contribution in [2.24, 2.45) is 5.92 Å². The maximum absolute atomic E-state index is 13.0. The van der Waals surface area contributed by atoms with Gasteiger partial charge in [-0.1, -0.05) is 54.1 Å². The van der Waals surface area contributed by atoms with Crippen molar-refractivity contribution < 1.29 is 9.59 Å². The molecule has 1 aliphatic carbocycles. The third kappa shape index (κ3) is 4.64. The fourth-order valence-electron chi connectivity index (χ4n) is 3.27. The highest BCUT2D eigenvalue weighted by Crippen LogP contribution is 2.25. The van der Waals surface area contributed by atoms with Crippen molar-refractivity contribution in [1.82, 2.24) is 14.5 Å². The van der Waals surface area contributed by atoms with E-state index in [1.165, 1.54) is 30.2 Å². The first-order valence-corrected chi connectivity index (χ1v) is 9.80. The van der Waals surface area contributed by atoms with Crippen LogP contribution in [0.5, 0.6) is 0 Å². The van der Waals surface area contributed by atoms with Gasteiger partial charge in [0.15, 0.2) is 0 Å². The largest absolute Gasteiger partial charge is 0.274 e. The number of imide groups is 1. The second-order valence-electron chi connectivity index (χ2n) is 6.69. The summed E-state index contributed by atoms with van der Waals surface area (Å²) in [6.07, 6.45) is 8.95. The van der Waals surface area contributed by atoms with Crippen LogP contribution in [-0.4, -0.2) is 32.8 Å². The van der Waals surface area contributed by atoms with Crippen LogP contribution in [0.3, 0.4) is 0 Å². The molecular weight excluding hydrogens is 346 g/mol. The number of aromatic nitrogens is 2. The molecule has 0 unspecified atom stereocenters. The number of rotatable bonds is 5. The average molecular weight is 369 g/mol. The summed E-state index contributed by atoms with van der Waals surface area (Å²) in [6, 6.07) is 9.61. The zero-order valence-corrected chi connectivity index (χ0v) is 15.7. The van der Waals surface area contributed by atoms with E-state index in [1.54, 1.807) is 13.0 Å². The summed E-state index contributed by atoms with van der Waals surface area (Å²) in [6.45, 7) is 2.22. The Labute approximate surface area is 157 Å². The minimum Gasteiger partial charge on any atom is -0.274 e. The van der Waals surface area contributed by atoms with Crippen molar-refractivity contribution in [2.45, 2.75) is 39.0 Å². The molecule has 3 rings (SSSR count).